The molecule has 1 saturated carbocycles. The van der Waals surface area contributed by atoms with Crippen molar-refractivity contribution in [2.75, 3.05) is 7.18 Å². The molecule has 2 heterocycles. The Balaban J connectivity index is 0.000000487. The highest BCUT2D eigenvalue weighted by Crippen LogP contribution is 2.40. The van der Waals surface area contributed by atoms with E-state index >= 15 is 0 Å². The number of carbonyl (C=O) groups is 1. The minimum Gasteiger partial charge on any atom is -0.290 e. The molecule has 24 heavy (non-hydrogen) atoms. The topological polar surface area (TPSA) is 47.8 Å². The number of benzene rings is 1. The Morgan fingerprint density at radius 1 is 1.17 bits per heavy atom. The fourth-order valence-electron chi connectivity index (χ4n) is 2.76. The van der Waals surface area contributed by atoms with Crippen molar-refractivity contribution in [3.05, 3.63) is 47.5 Å². The van der Waals surface area contributed by atoms with Gasteiger partial charge in [0.05, 0.1) is 13.2 Å². The SMILES string of the molecule is CF.FF.O=C(c1nc2n(n1)C(c1ccccc1)CC2F)C1CC1. The van der Waals surface area contributed by atoms with Crippen molar-refractivity contribution in [1.82, 2.24) is 14.8 Å². The number of Topliss-reactive ketones (excluding diaryl/α,β-unsaturated/α-hetero) is 1. The highest BCUT2D eigenvalue weighted by Gasteiger charge is 2.39. The molecule has 0 spiro atoms. The zero-order chi connectivity index (χ0) is 17.7. The van der Waals surface area contributed by atoms with Crippen LogP contribution in [0, 0.1) is 5.92 Å². The first-order valence-electron chi connectivity index (χ1n) is 7.46. The van der Waals surface area contributed by atoms with E-state index in [0.717, 1.165) is 18.4 Å². The van der Waals surface area contributed by atoms with Gasteiger partial charge in [0, 0.05) is 21.5 Å². The molecule has 2 aromatic rings. The molecule has 130 valence electrons. The van der Waals surface area contributed by atoms with Gasteiger partial charge in [-0.2, -0.15) is 0 Å². The molecule has 1 aromatic heterocycles. The van der Waals surface area contributed by atoms with Crippen molar-refractivity contribution < 1.29 is 22.7 Å². The van der Waals surface area contributed by atoms with Crippen molar-refractivity contribution in [1.29, 1.82) is 0 Å². The number of aromatic nitrogens is 3. The standard InChI is InChI=1S/C15H14FN3O.CH3F.F2/c16-11-8-12(9-4-2-1-3-5-9)19-15(11)17-14(18-19)13(20)10-6-7-10;2*1-2/h1-5,10-12H,6-8H2;1H3;. The van der Waals surface area contributed by atoms with E-state index in [0.29, 0.717) is 19.4 Å². The van der Waals surface area contributed by atoms with Crippen LogP contribution in [0.25, 0.3) is 0 Å². The van der Waals surface area contributed by atoms with Crippen molar-refractivity contribution in [3.63, 3.8) is 0 Å². The first-order valence-corrected chi connectivity index (χ1v) is 7.46. The Kier molecular flexibility index (Phi) is 6.05. The van der Waals surface area contributed by atoms with Gasteiger partial charge in [-0.25, -0.2) is 14.1 Å². The van der Waals surface area contributed by atoms with Crippen LogP contribution < -0.4 is 0 Å². The van der Waals surface area contributed by atoms with E-state index in [1.54, 1.807) is 4.68 Å². The highest BCUT2D eigenvalue weighted by molar-refractivity contribution is 5.95. The zero-order valence-corrected chi connectivity index (χ0v) is 13.0. The van der Waals surface area contributed by atoms with Gasteiger partial charge < -0.3 is 0 Å². The molecule has 0 amide bonds. The minimum absolute atomic E-state index is 0.0362. The van der Waals surface area contributed by atoms with Gasteiger partial charge in [0.25, 0.3) is 0 Å². The molecule has 1 fully saturated rings. The van der Waals surface area contributed by atoms with Gasteiger partial charge in [-0.15, -0.1) is 5.10 Å². The predicted molar refractivity (Wildman–Crippen MR) is 79.4 cm³/mol. The van der Waals surface area contributed by atoms with E-state index in [-0.39, 0.29) is 23.6 Å². The lowest BCUT2D eigenvalue weighted by Gasteiger charge is -2.11. The largest absolute Gasteiger partial charge is 0.290 e. The van der Waals surface area contributed by atoms with E-state index in [2.05, 4.69) is 10.1 Å². The number of halogens is 4. The Hall–Kier alpha value is -2.25. The lowest BCUT2D eigenvalue weighted by molar-refractivity contribution is 0.0956. The van der Waals surface area contributed by atoms with Crippen LogP contribution in [0.15, 0.2) is 30.3 Å². The Labute approximate surface area is 136 Å². The fraction of sp³-hybridized carbons (Fsp3) is 0.438. The summed E-state index contributed by atoms with van der Waals surface area (Å²) >= 11 is 0. The Bertz CT molecular complexity index is 673. The maximum Gasteiger partial charge on any atom is 0.217 e. The second-order valence-corrected chi connectivity index (χ2v) is 5.51. The van der Waals surface area contributed by atoms with Gasteiger partial charge in [0.1, 0.15) is 0 Å². The maximum atomic E-state index is 14.1. The molecule has 2 atom stereocenters. The zero-order valence-electron chi connectivity index (χ0n) is 13.0. The van der Waals surface area contributed by atoms with Gasteiger partial charge in [0.2, 0.25) is 11.6 Å². The van der Waals surface area contributed by atoms with Gasteiger partial charge in [-0.3, -0.25) is 9.18 Å². The molecule has 0 radical (unpaired) electrons. The number of ketones is 1. The van der Waals surface area contributed by atoms with E-state index in [1.807, 2.05) is 30.3 Å². The lowest BCUT2D eigenvalue weighted by Crippen LogP contribution is -2.10. The molecule has 1 aliphatic carbocycles. The van der Waals surface area contributed by atoms with E-state index < -0.39 is 6.17 Å². The monoisotopic (exact) mass is 343 g/mol. The molecule has 1 aliphatic heterocycles. The third kappa shape index (κ3) is 3.47. The van der Waals surface area contributed by atoms with Crippen LogP contribution in [0.4, 0.5) is 17.9 Å². The number of carbonyl (C=O) groups excluding carboxylic acids is 1. The molecule has 8 heteroatoms. The number of rotatable bonds is 3. The van der Waals surface area contributed by atoms with Crippen LogP contribution in [-0.2, 0) is 0 Å². The summed E-state index contributed by atoms with van der Waals surface area (Å²) in [5.41, 5.74) is 1.00. The third-order valence-corrected chi connectivity index (χ3v) is 4.02. The first kappa shape index (κ1) is 18.1. The summed E-state index contributed by atoms with van der Waals surface area (Å²) in [5, 5.41) is 4.28. The summed E-state index contributed by atoms with van der Waals surface area (Å²) in [6.45, 7) is 0. The summed E-state index contributed by atoms with van der Waals surface area (Å²) in [4.78, 5) is 16.1. The third-order valence-electron chi connectivity index (χ3n) is 4.02. The number of fused-ring (bicyclic) bond motifs is 1. The average Bonchev–Trinajstić information content (AvgIpc) is 3.33. The van der Waals surface area contributed by atoms with Crippen LogP contribution in [0.3, 0.4) is 0 Å². The predicted octanol–water partition coefficient (Wildman–Crippen LogP) is 4.30. The maximum absolute atomic E-state index is 14.1. The summed E-state index contributed by atoms with van der Waals surface area (Å²) in [6.07, 6.45) is 1.01. The summed E-state index contributed by atoms with van der Waals surface area (Å²) in [6, 6.07) is 9.53. The summed E-state index contributed by atoms with van der Waals surface area (Å²) < 4.78 is 41.2. The van der Waals surface area contributed by atoms with Crippen molar-refractivity contribution in [3.8, 4) is 0 Å². The lowest BCUT2D eigenvalue weighted by atomic mass is 10.0. The van der Waals surface area contributed by atoms with Gasteiger partial charge in [-0.05, 0) is 18.4 Å². The summed E-state index contributed by atoms with van der Waals surface area (Å²) in [7, 11) is 0.500. The minimum atomic E-state index is -1.14. The molecule has 0 bridgehead atoms. The molecule has 1 aromatic carbocycles. The quantitative estimate of drug-likeness (QED) is 0.617. The van der Waals surface area contributed by atoms with Crippen LogP contribution in [-0.4, -0.2) is 27.7 Å². The van der Waals surface area contributed by atoms with E-state index in [9.17, 15) is 13.6 Å². The Morgan fingerprint density at radius 3 is 2.38 bits per heavy atom. The van der Waals surface area contributed by atoms with Gasteiger partial charge >= 0.3 is 0 Å². The summed E-state index contributed by atoms with van der Waals surface area (Å²) in [5.74, 6) is 0.505. The number of alkyl halides is 2. The van der Waals surface area contributed by atoms with Crippen molar-refractivity contribution in [2.24, 2.45) is 5.92 Å². The second kappa shape index (κ2) is 8.03. The van der Waals surface area contributed by atoms with Gasteiger partial charge in [0.15, 0.2) is 12.0 Å². The molecule has 2 unspecified atom stereocenters. The molecule has 0 saturated heterocycles. The number of hydrogen-bond donors (Lipinski definition) is 0. The van der Waals surface area contributed by atoms with E-state index in [1.165, 1.54) is 0 Å². The van der Waals surface area contributed by atoms with Crippen LogP contribution in [0.5, 0.6) is 0 Å². The van der Waals surface area contributed by atoms with Crippen molar-refractivity contribution in [2.45, 2.75) is 31.5 Å². The first-order chi connectivity index (χ1) is 11.7. The second-order valence-electron chi connectivity index (χ2n) is 5.51. The van der Waals surface area contributed by atoms with Crippen LogP contribution >= 0.6 is 0 Å². The van der Waals surface area contributed by atoms with Crippen LogP contribution in [0.1, 0.15) is 53.5 Å². The fourth-order valence-corrected chi connectivity index (χ4v) is 2.76. The Morgan fingerprint density at radius 2 is 1.79 bits per heavy atom. The molecular weight excluding hydrogens is 326 g/mol. The molecule has 2 aliphatic rings. The molecule has 4 rings (SSSR count). The van der Waals surface area contributed by atoms with Crippen LogP contribution in [0.2, 0.25) is 0 Å². The molecule has 4 nitrogen and oxygen atoms in total. The van der Waals surface area contributed by atoms with Crippen molar-refractivity contribution >= 4 is 5.78 Å². The highest BCUT2D eigenvalue weighted by atomic mass is 20.0. The normalized spacial score (nSPS) is 21.0. The average molecular weight is 343 g/mol. The number of hydrogen-bond acceptors (Lipinski definition) is 3. The molecule has 0 N–H and O–H groups in total. The van der Waals surface area contributed by atoms with Gasteiger partial charge in [-0.1, -0.05) is 30.3 Å². The smallest absolute Gasteiger partial charge is 0.217 e. The number of nitrogens with zero attached hydrogens (tertiary/aromatic N) is 3. The van der Waals surface area contributed by atoms with E-state index in [4.69, 9.17) is 9.15 Å². The molecular formula is C16H17F4N3O.